The van der Waals surface area contributed by atoms with Crippen LogP contribution < -0.4 is 5.32 Å². The van der Waals surface area contributed by atoms with Crippen molar-refractivity contribution in [1.82, 2.24) is 5.32 Å². The number of aromatic hydroxyl groups is 1. The molecule has 1 aromatic rings. The first-order valence-corrected chi connectivity index (χ1v) is 7.19. The summed E-state index contributed by atoms with van der Waals surface area (Å²) in [4.78, 5) is 11.4. The minimum atomic E-state index is -0.486. The zero-order valence-corrected chi connectivity index (χ0v) is 13.6. The number of aryl methyl sites for hydroxylation is 1. The number of amides is 1. The molecule has 0 aliphatic carbocycles. The van der Waals surface area contributed by atoms with E-state index in [0.717, 1.165) is 11.1 Å². The van der Waals surface area contributed by atoms with E-state index in [2.05, 4.69) is 5.32 Å². The summed E-state index contributed by atoms with van der Waals surface area (Å²) < 4.78 is 5.13. The standard InChI is InChI=1S/C16H22ClNO3/c1-11-9-12(10-13(17)14(11)19)7-5-6-8-18-15(20)21-16(2,3)4/h5,7,9-10,19H,6,8H2,1-4H3,(H,18,20). The van der Waals surface area contributed by atoms with E-state index in [-0.39, 0.29) is 5.75 Å². The maximum Gasteiger partial charge on any atom is 0.407 e. The van der Waals surface area contributed by atoms with Gasteiger partial charge in [-0.05, 0) is 57.4 Å². The van der Waals surface area contributed by atoms with E-state index in [4.69, 9.17) is 16.3 Å². The maximum atomic E-state index is 11.4. The van der Waals surface area contributed by atoms with Gasteiger partial charge in [0.05, 0.1) is 5.02 Å². The first-order valence-electron chi connectivity index (χ1n) is 6.81. The lowest BCUT2D eigenvalue weighted by Gasteiger charge is -2.19. The molecule has 0 radical (unpaired) electrons. The van der Waals surface area contributed by atoms with Gasteiger partial charge in [-0.3, -0.25) is 0 Å². The number of benzene rings is 1. The van der Waals surface area contributed by atoms with Crippen LogP contribution in [-0.4, -0.2) is 23.3 Å². The summed E-state index contributed by atoms with van der Waals surface area (Å²) in [6, 6.07) is 3.54. The normalized spacial score (nSPS) is 11.7. The van der Waals surface area contributed by atoms with Gasteiger partial charge >= 0.3 is 6.09 Å². The Kier molecular flexibility index (Phi) is 6.09. The van der Waals surface area contributed by atoms with Gasteiger partial charge < -0.3 is 15.2 Å². The van der Waals surface area contributed by atoms with Crippen molar-refractivity contribution in [1.29, 1.82) is 0 Å². The van der Waals surface area contributed by atoms with Crippen LogP contribution in [0.1, 0.15) is 38.3 Å². The Morgan fingerprint density at radius 2 is 2.10 bits per heavy atom. The second-order valence-corrected chi connectivity index (χ2v) is 6.20. The lowest BCUT2D eigenvalue weighted by atomic mass is 10.1. The monoisotopic (exact) mass is 311 g/mol. The van der Waals surface area contributed by atoms with Crippen molar-refractivity contribution in [2.75, 3.05) is 6.54 Å². The van der Waals surface area contributed by atoms with E-state index < -0.39 is 11.7 Å². The smallest absolute Gasteiger partial charge is 0.407 e. The minimum Gasteiger partial charge on any atom is -0.506 e. The molecule has 0 aliphatic rings. The molecule has 0 saturated heterocycles. The van der Waals surface area contributed by atoms with Gasteiger partial charge in [0.1, 0.15) is 11.4 Å². The molecule has 0 saturated carbocycles. The molecular formula is C16H22ClNO3. The number of hydrogen-bond donors (Lipinski definition) is 2. The molecule has 0 heterocycles. The molecule has 21 heavy (non-hydrogen) atoms. The van der Waals surface area contributed by atoms with Crippen molar-refractivity contribution in [3.8, 4) is 5.75 Å². The fourth-order valence-corrected chi connectivity index (χ4v) is 1.93. The highest BCUT2D eigenvalue weighted by Gasteiger charge is 2.15. The third kappa shape index (κ3) is 6.54. The van der Waals surface area contributed by atoms with Crippen LogP contribution in [0.15, 0.2) is 18.2 Å². The summed E-state index contributed by atoms with van der Waals surface area (Å²) in [5.41, 5.74) is 1.15. The molecule has 5 heteroatoms. The van der Waals surface area contributed by atoms with Crippen LogP contribution >= 0.6 is 11.6 Å². The van der Waals surface area contributed by atoms with Crippen molar-refractivity contribution in [3.05, 3.63) is 34.4 Å². The van der Waals surface area contributed by atoms with Gasteiger partial charge in [-0.2, -0.15) is 0 Å². The topological polar surface area (TPSA) is 58.6 Å². The van der Waals surface area contributed by atoms with E-state index in [1.807, 2.05) is 39.0 Å². The van der Waals surface area contributed by atoms with Gasteiger partial charge in [-0.15, -0.1) is 0 Å². The average molecular weight is 312 g/mol. The Hall–Kier alpha value is -1.68. The van der Waals surface area contributed by atoms with Crippen LogP contribution in [-0.2, 0) is 4.74 Å². The first-order chi connectivity index (χ1) is 9.69. The average Bonchev–Trinajstić information content (AvgIpc) is 2.33. The van der Waals surface area contributed by atoms with Crippen molar-refractivity contribution in [2.24, 2.45) is 0 Å². The summed E-state index contributed by atoms with van der Waals surface area (Å²) >= 11 is 5.90. The molecule has 1 amide bonds. The van der Waals surface area contributed by atoms with Gasteiger partial charge in [0.2, 0.25) is 0 Å². The van der Waals surface area contributed by atoms with Crippen LogP contribution in [0.3, 0.4) is 0 Å². The van der Waals surface area contributed by atoms with Crippen molar-refractivity contribution in [3.63, 3.8) is 0 Å². The van der Waals surface area contributed by atoms with Gasteiger partial charge in [0, 0.05) is 6.54 Å². The van der Waals surface area contributed by atoms with Gasteiger partial charge in [0.15, 0.2) is 0 Å². The largest absolute Gasteiger partial charge is 0.506 e. The lowest BCUT2D eigenvalue weighted by Crippen LogP contribution is -2.32. The van der Waals surface area contributed by atoms with Crippen molar-refractivity contribution in [2.45, 2.75) is 39.7 Å². The van der Waals surface area contributed by atoms with Crippen LogP contribution in [0, 0.1) is 6.92 Å². The maximum absolute atomic E-state index is 11.4. The Morgan fingerprint density at radius 3 is 2.67 bits per heavy atom. The molecule has 116 valence electrons. The van der Waals surface area contributed by atoms with E-state index in [9.17, 15) is 9.90 Å². The Balaban J connectivity index is 2.41. The molecule has 0 unspecified atom stereocenters. The van der Waals surface area contributed by atoms with Crippen molar-refractivity contribution >= 4 is 23.8 Å². The number of hydrogen-bond acceptors (Lipinski definition) is 3. The SMILES string of the molecule is Cc1cc(C=CCCNC(=O)OC(C)(C)C)cc(Cl)c1O. The predicted molar refractivity (Wildman–Crippen MR) is 85.7 cm³/mol. The number of rotatable bonds is 4. The van der Waals surface area contributed by atoms with Crippen LogP contribution in [0.4, 0.5) is 4.79 Å². The summed E-state index contributed by atoms with van der Waals surface area (Å²) in [6.45, 7) is 7.76. The minimum absolute atomic E-state index is 0.111. The zero-order chi connectivity index (χ0) is 16.0. The van der Waals surface area contributed by atoms with Gasteiger partial charge in [-0.25, -0.2) is 4.79 Å². The molecule has 4 nitrogen and oxygen atoms in total. The fraction of sp³-hybridized carbons (Fsp3) is 0.438. The second kappa shape index (κ2) is 7.36. The highest BCUT2D eigenvalue weighted by Crippen LogP contribution is 2.28. The van der Waals surface area contributed by atoms with E-state index in [1.54, 1.807) is 13.0 Å². The Bertz CT molecular complexity index is 510. The summed E-state index contributed by atoms with van der Waals surface area (Å²) in [6.07, 6.45) is 4.09. The highest BCUT2D eigenvalue weighted by molar-refractivity contribution is 6.32. The molecule has 0 bridgehead atoms. The number of nitrogens with one attached hydrogen (secondary N) is 1. The summed E-state index contributed by atoms with van der Waals surface area (Å²) in [5, 5.41) is 12.6. The van der Waals surface area contributed by atoms with Gasteiger partial charge in [0.25, 0.3) is 0 Å². The molecule has 0 aliphatic heterocycles. The number of carbonyl (C=O) groups excluding carboxylic acids is 1. The van der Waals surface area contributed by atoms with Crippen LogP contribution in [0.5, 0.6) is 5.75 Å². The number of phenols is 1. The summed E-state index contributed by atoms with van der Waals surface area (Å²) in [7, 11) is 0. The van der Waals surface area contributed by atoms with Gasteiger partial charge in [-0.1, -0.05) is 23.8 Å². The number of alkyl carbamates (subject to hydrolysis) is 1. The number of halogens is 1. The number of ether oxygens (including phenoxy) is 1. The molecule has 0 aromatic heterocycles. The lowest BCUT2D eigenvalue weighted by molar-refractivity contribution is 0.0529. The predicted octanol–water partition coefficient (Wildman–Crippen LogP) is 4.28. The second-order valence-electron chi connectivity index (χ2n) is 5.79. The first kappa shape index (κ1) is 17.4. The Labute approximate surface area is 130 Å². The fourth-order valence-electron chi connectivity index (χ4n) is 1.65. The molecule has 0 atom stereocenters. The van der Waals surface area contributed by atoms with E-state index in [1.165, 1.54) is 0 Å². The molecular weight excluding hydrogens is 290 g/mol. The summed E-state index contributed by atoms with van der Waals surface area (Å²) in [5.74, 6) is 0.111. The van der Waals surface area contributed by atoms with E-state index in [0.29, 0.717) is 18.0 Å². The quantitative estimate of drug-likeness (QED) is 0.816. The molecule has 2 N–H and O–H groups in total. The van der Waals surface area contributed by atoms with E-state index >= 15 is 0 Å². The van der Waals surface area contributed by atoms with Crippen LogP contribution in [0.25, 0.3) is 6.08 Å². The zero-order valence-electron chi connectivity index (χ0n) is 12.9. The number of phenolic OH excluding ortho intramolecular Hbond substituents is 1. The molecule has 0 spiro atoms. The third-order valence-electron chi connectivity index (χ3n) is 2.57. The molecule has 1 aromatic carbocycles. The third-order valence-corrected chi connectivity index (χ3v) is 2.85. The molecule has 0 fully saturated rings. The number of carbonyl (C=O) groups is 1. The Morgan fingerprint density at radius 1 is 1.43 bits per heavy atom. The van der Waals surface area contributed by atoms with Crippen molar-refractivity contribution < 1.29 is 14.6 Å². The molecule has 1 rings (SSSR count). The van der Waals surface area contributed by atoms with Crippen LogP contribution in [0.2, 0.25) is 5.02 Å². The highest BCUT2D eigenvalue weighted by atomic mass is 35.5.